The quantitative estimate of drug-likeness (QED) is 0.0784. The normalized spacial score (nSPS) is 13.4. The third-order valence-corrected chi connectivity index (χ3v) is 9.75. The van der Waals surface area contributed by atoms with Gasteiger partial charge in [0.1, 0.15) is 0 Å². The summed E-state index contributed by atoms with van der Waals surface area (Å²) in [4.78, 5) is 2.15. The maximum absolute atomic E-state index is 10.3. The van der Waals surface area contributed by atoms with Crippen molar-refractivity contribution in [3.05, 3.63) is 0 Å². The van der Waals surface area contributed by atoms with Gasteiger partial charge in [0.05, 0.1) is 19.3 Å². The Morgan fingerprint density at radius 2 is 1.18 bits per heavy atom. The maximum atomic E-state index is 10.3. The van der Waals surface area contributed by atoms with Crippen molar-refractivity contribution in [3.8, 4) is 0 Å². The van der Waals surface area contributed by atoms with Crippen LogP contribution in [0.4, 0.5) is 0 Å². The molecule has 0 bridgehead atoms. The predicted molar refractivity (Wildman–Crippen MR) is 176 cm³/mol. The molecule has 0 heterocycles. The highest BCUT2D eigenvalue weighted by molar-refractivity contribution is 8.03. The monoisotopic (exact) mass is 576 g/mol. The van der Waals surface area contributed by atoms with Crippen LogP contribution in [0.25, 0.3) is 0 Å². The van der Waals surface area contributed by atoms with Gasteiger partial charge in [-0.1, -0.05) is 117 Å². The Bertz CT molecular complexity index is 444. The Balaban J connectivity index is 4.01. The summed E-state index contributed by atoms with van der Waals surface area (Å²) in [6.45, 7) is 8.28. The molecule has 0 aromatic carbocycles. The first kappa shape index (κ1) is 38.5. The number of ether oxygens (including phenoxy) is 1. The number of hydrogen-bond donors (Lipinski definition) is 2. The topological polar surface area (TPSA) is 44.7 Å². The Hall–Kier alpha value is 0.540. The molecular formula is C32H68N2O2S2. The van der Waals surface area contributed by atoms with Crippen LogP contribution in [-0.4, -0.2) is 85.6 Å². The minimum absolute atomic E-state index is 0.422. The summed E-state index contributed by atoms with van der Waals surface area (Å²) in [6, 6.07) is 0. The molecule has 0 rings (SSSR count). The molecule has 0 saturated carbocycles. The summed E-state index contributed by atoms with van der Waals surface area (Å²) in [5.41, 5.74) is 0. The van der Waals surface area contributed by atoms with Crippen molar-refractivity contribution in [2.24, 2.45) is 0 Å². The van der Waals surface area contributed by atoms with Crippen LogP contribution in [-0.2, 0) is 4.74 Å². The van der Waals surface area contributed by atoms with Gasteiger partial charge in [-0.15, -0.1) is 0 Å². The smallest absolute Gasteiger partial charge is 0.0897 e. The first-order chi connectivity index (χ1) is 18.6. The summed E-state index contributed by atoms with van der Waals surface area (Å²) >= 11 is 4.22. The Kier molecular flexibility index (Phi) is 32.5. The lowest BCUT2D eigenvalue weighted by molar-refractivity contribution is 0.0389. The molecule has 0 spiro atoms. The van der Waals surface area contributed by atoms with Gasteiger partial charge in [-0.05, 0) is 38.4 Å². The van der Waals surface area contributed by atoms with Crippen molar-refractivity contribution in [2.45, 2.75) is 141 Å². The van der Waals surface area contributed by atoms with Gasteiger partial charge >= 0.3 is 0 Å². The zero-order valence-electron chi connectivity index (χ0n) is 26.2. The highest BCUT2D eigenvalue weighted by atomic mass is 32.2. The third kappa shape index (κ3) is 31.1. The van der Waals surface area contributed by atoms with Crippen molar-refractivity contribution in [3.63, 3.8) is 0 Å². The molecule has 0 aromatic rings. The lowest BCUT2D eigenvalue weighted by Crippen LogP contribution is -2.35. The van der Waals surface area contributed by atoms with Crippen molar-refractivity contribution in [1.29, 1.82) is 0 Å². The van der Waals surface area contributed by atoms with E-state index in [1.54, 1.807) is 0 Å². The number of aliphatic hydroxyl groups is 1. The number of thioether (sulfide) groups is 2. The van der Waals surface area contributed by atoms with E-state index in [4.69, 9.17) is 4.74 Å². The van der Waals surface area contributed by atoms with Crippen LogP contribution in [0.15, 0.2) is 0 Å². The summed E-state index contributed by atoms with van der Waals surface area (Å²) in [7, 11) is 4.14. The number of rotatable bonds is 32. The van der Waals surface area contributed by atoms with Gasteiger partial charge in [-0.2, -0.15) is 23.5 Å². The van der Waals surface area contributed by atoms with Gasteiger partial charge in [-0.3, -0.25) is 0 Å². The van der Waals surface area contributed by atoms with E-state index < -0.39 is 6.10 Å². The standard InChI is InChI=1S/C32H68N2O2S2/c1-5-7-9-11-13-15-17-19-21-25-37-30-32(29-36-28-31(35)27-33-23-24-34(3)4)38-26-22-20-18-16-14-12-10-8-6-2/h31-33,35H,5-30H2,1-4H3. The fraction of sp³-hybridized carbons (Fsp3) is 1.00. The second kappa shape index (κ2) is 32.1. The molecule has 38 heavy (non-hydrogen) atoms. The van der Waals surface area contributed by atoms with Crippen LogP contribution in [0.5, 0.6) is 0 Å². The minimum atomic E-state index is -0.422. The highest BCUT2D eigenvalue weighted by Crippen LogP contribution is 2.21. The number of hydrogen-bond acceptors (Lipinski definition) is 6. The van der Waals surface area contributed by atoms with Gasteiger partial charge in [0, 0.05) is 30.6 Å². The zero-order valence-corrected chi connectivity index (χ0v) is 27.8. The van der Waals surface area contributed by atoms with Crippen LogP contribution in [0.2, 0.25) is 0 Å². The molecule has 0 amide bonds. The number of nitrogens with zero attached hydrogens (tertiary/aromatic N) is 1. The van der Waals surface area contributed by atoms with Gasteiger partial charge < -0.3 is 20.1 Å². The molecule has 0 aromatic heterocycles. The largest absolute Gasteiger partial charge is 0.389 e. The molecule has 0 aliphatic carbocycles. The maximum Gasteiger partial charge on any atom is 0.0897 e. The van der Waals surface area contributed by atoms with E-state index in [2.05, 4.69) is 61.7 Å². The van der Waals surface area contributed by atoms with E-state index in [0.717, 1.165) is 19.7 Å². The molecule has 6 heteroatoms. The molecule has 0 fully saturated rings. The molecule has 0 aliphatic rings. The lowest BCUT2D eigenvalue weighted by Gasteiger charge is -2.19. The molecule has 2 N–H and O–H groups in total. The average molecular weight is 577 g/mol. The zero-order chi connectivity index (χ0) is 27.9. The second-order valence-electron chi connectivity index (χ2n) is 11.4. The summed E-state index contributed by atoms with van der Waals surface area (Å²) in [5.74, 6) is 3.71. The first-order valence-electron chi connectivity index (χ1n) is 16.4. The molecule has 0 saturated heterocycles. The number of aliphatic hydroxyl groups excluding tert-OH is 1. The van der Waals surface area contributed by atoms with Crippen molar-refractivity contribution in [1.82, 2.24) is 10.2 Å². The first-order valence-corrected chi connectivity index (χ1v) is 18.6. The Morgan fingerprint density at radius 3 is 1.71 bits per heavy atom. The fourth-order valence-electron chi connectivity index (χ4n) is 4.50. The second-order valence-corrected chi connectivity index (χ2v) is 14.0. The molecular weight excluding hydrogens is 508 g/mol. The predicted octanol–water partition coefficient (Wildman–Crippen LogP) is 8.41. The average Bonchev–Trinajstić information content (AvgIpc) is 2.90. The highest BCUT2D eigenvalue weighted by Gasteiger charge is 2.12. The van der Waals surface area contributed by atoms with Gasteiger partial charge in [-0.25, -0.2) is 0 Å². The molecule has 2 atom stereocenters. The summed E-state index contributed by atoms with van der Waals surface area (Å²) in [5, 5.41) is 14.1. The van der Waals surface area contributed by atoms with Crippen LogP contribution in [0.3, 0.4) is 0 Å². The number of unbranched alkanes of at least 4 members (excludes halogenated alkanes) is 16. The van der Waals surface area contributed by atoms with Crippen LogP contribution < -0.4 is 5.32 Å². The van der Waals surface area contributed by atoms with Crippen LogP contribution in [0, 0.1) is 0 Å². The van der Waals surface area contributed by atoms with Crippen LogP contribution in [0.1, 0.15) is 129 Å². The van der Waals surface area contributed by atoms with Crippen molar-refractivity contribution in [2.75, 3.05) is 64.2 Å². The molecule has 2 unspecified atom stereocenters. The lowest BCUT2D eigenvalue weighted by atomic mass is 10.1. The van der Waals surface area contributed by atoms with Gasteiger partial charge in [0.15, 0.2) is 0 Å². The molecule has 4 nitrogen and oxygen atoms in total. The Labute approximate surface area is 248 Å². The van der Waals surface area contributed by atoms with E-state index in [1.807, 2.05) is 0 Å². The molecule has 230 valence electrons. The van der Waals surface area contributed by atoms with E-state index in [0.29, 0.717) is 18.4 Å². The molecule has 0 aliphatic heterocycles. The summed E-state index contributed by atoms with van der Waals surface area (Å²) in [6.07, 6.45) is 24.7. The number of likely N-dealkylation sites (N-methyl/N-ethyl adjacent to an activating group) is 1. The van der Waals surface area contributed by atoms with E-state index in [1.165, 1.54) is 133 Å². The minimum Gasteiger partial charge on any atom is -0.389 e. The Morgan fingerprint density at radius 1 is 0.684 bits per heavy atom. The molecule has 0 radical (unpaired) electrons. The third-order valence-electron chi connectivity index (χ3n) is 7.03. The van der Waals surface area contributed by atoms with E-state index in [-0.39, 0.29) is 0 Å². The SMILES string of the molecule is CCCCCCCCCCCSCC(COCC(O)CNCCN(C)C)SCCCCCCCCCCC. The van der Waals surface area contributed by atoms with Gasteiger partial charge in [0.25, 0.3) is 0 Å². The number of nitrogens with one attached hydrogen (secondary N) is 1. The van der Waals surface area contributed by atoms with E-state index in [9.17, 15) is 5.11 Å². The van der Waals surface area contributed by atoms with Gasteiger partial charge in [0.2, 0.25) is 0 Å². The summed E-state index contributed by atoms with van der Waals surface area (Å²) < 4.78 is 5.99. The fourth-order valence-corrected chi connectivity index (χ4v) is 7.01. The van der Waals surface area contributed by atoms with Crippen molar-refractivity contribution >= 4 is 23.5 Å². The van der Waals surface area contributed by atoms with Crippen molar-refractivity contribution < 1.29 is 9.84 Å². The van der Waals surface area contributed by atoms with E-state index >= 15 is 0 Å². The van der Waals surface area contributed by atoms with Crippen LogP contribution >= 0.6 is 23.5 Å².